The van der Waals surface area contributed by atoms with E-state index in [1.54, 1.807) is 18.6 Å². The molecule has 0 spiro atoms. The highest BCUT2D eigenvalue weighted by Gasteiger charge is 2.56. The number of nitrogens with zero attached hydrogens (tertiary/aromatic N) is 3. The lowest BCUT2D eigenvalue weighted by molar-refractivity contribution is -0.105. The molecule has 0 aliphatic heterocycles. The van der Waals surface area contributed by atoms with Crippen LogP contribution in [0.1, 0.15) is 39.2 Å². The first kappa shape index (κ1) is 21.4. The van der Waals surface area contributed by atoms with Crippen molar-refractivity contribution in [3.05, 3.63) is 51.1 Å². The predicted molar refractivity (Wildman–Crippen MR) is 126 cm³/mol. The first-order valence-electron chi connectivity index (χ1n) is 10.4. The van der Waals surface area contributed by atoms with Gasteiger partial charge in [0, 0.05) is 25.0 Å². The van der Waals surface area contributed by atoms with Crippen molar-refractivity contribution >= 4 is 38.8 Å². The van der Waals surface area contributed by atoms with Gasteiger partial charge in [0.2, 0.25) is 0 Å². The van der Waals surface area contributed by atoms with Gasteiger partial charge in [-0.1, -0.05) is 33.0 Å². The van der Waals surface area contributed by atoms with Crippen LogP contribution >= 0.6 is 28.1 Å². The number of pyridine rings is 1. The molecular weight excluding hydrogens is 462 g/mol. The maximum Gasteiger partial charge on any atom is 0.283 e. The Bertz CT molecular complexity index is 993. The molecule has 2 aromatic rings. The third-order valence-electron chi connectivity index (χ3n) is 7.21. The highest BCUT2D eigenvalue weighted by atomic mass is 79.9. The van der Waals surface area contributed by atoms with Crippen molar-refractivity contribution in [3.63, 3.8) is 0 Å². The second kappa shape index (κ2) is 8.38. The van der Waals surface area contributed by atoms with Crippen molar-refractivity contribution in [2.75, 3.05) is 5.32 Å². The number of nitrogens with one attached hydrogen (secondary N) is 2. The molecule has 30 heavy (non-hydrogen) atoms. The number of halogens is 1. The van der Waals surface area contributed by atoms with E-state index in [0.29, 0.717) is 33.4 Å². The Labute approximate surface area is 191 Å². The molecule has 160 valence electrons. The van der Waals surface area contributed by atoms with Crippen LogP contribution in [0, 0.1) is 23.2 Å². The smallest absolute Gasteiger partial charge is 0.283 e. The number of thiocarbonyl (C=S) groups is 1. The minimum atomic E-state index is -0.179. The van der Waals surface area contributed by atoms with E-state index in [9.17, 15) is 4.79 Å². The molecule has 2 heterocycles. The average Bonchev–Trinajstić information content (AvgIpc) is 2.73. The Morgan fingerprint density at radius 1 is 1.33 bits per heavy atom. The first-order chi connectivity index (χ1) is 14.3. The van der Waals surface area contributed by atoms with Crippen molar-refractivity contribution in [1.29, 1.82) is 0 Å². The molecule has 5 rings (SSSR count). The Hall–Kier alpha value is -1.80. The molecule has 4 atom stereocenters. The van der Waals surface area contributed by atoms with Gasteiger partial charge >= 0.3 is 0 Å². The summed E-state index contributed by atoms with van der Waals surface area (Å²) >= 11 is 8.88. The van der Waals surface area contributed by atoms with Gasteiger partial charge in [-0.15, -0.1) is 0 Å². The molecule has 3 fully saturated rings. The summed E-state index contributed by atoms with van der Waals surface area (Å²) < 4.78 is 1.90. The number of hydrogen-bond acceptors (Lipinski definition) is 5. The molecule has 2 bridgehead atoms. The van der Waals surface area contributed by atoms with Crippen molar-refractivity contribution in [2.24, 2.45) is 23.2 Å². The molecule has 2 aromatic heterocycles. The molecule has 0 radical (unpaired) electrons. The molecule has 0 amide bonds. The fourth-order valence-electron chi connectivity index (χ4n) is 5.11. The van der Waals surface area contributed by atoms with Crippen LogP contribution in [0.5, 0.6) is 0 Å². The van der Waals surface area contributed by atoms with Crippen LogP contribution in [-0.4, -0.2) is 25.8 Å². The molecule has 3 aliphatic carbocycles. The van der Waals surface area contributed by atoms with E-state index in [1.807, 2.05) is 12.1 Å². The van der Waals surface area contributed by atoms with Gasteiger partial charge in [0.05, 0.1) is 23.4 Å². The molecule has 3 aliphatic rings. The maximum atomic E-state index is 12.8. The molecule has 0 aromatic carbocycles. The summed E-state index contributed by atoms with van der Waals surface area (Å²) in [4.78, 5) is 17.4. The van der Waals surface area contributed by atoms with Gasteiger partial charge in [-0.05, 0) is 69.6 Å². The van der Waals surface area contributed by atoms with Crippen LogP contribution in [0.3, 0.4) is 0 Å². The Morgan fingerprint density at radius 2 is 2.07 bits per heavy atom. The molecule has 2 N–H and O–H groups in total. The van der Waals surface area contributed by atoms with Gasteiger partial charge < -0.3 is 10.6 Å². The predicted octanol–water partition coefficient (Wildman–Crippen LogP) is 4.00. The van der Waals surface area contributed by atoms with Gasteiger partial charge in [-0.3, -0.25) is 9.78 Å². The van der Waals surface area contributed by atoms with Crippen molar-refractivity contribution in [2.45, 2.75) is 52.7 Å². The van der Waals surface area contributed by atoms with Crippen LogP contribution in [-0.2, 0) is 13.1 Å². The number of fused-ring (bicyclic) bond motifs is 2. The zero-order valence-electron chi connectivity index (χ0n) is 17.6. The lowest BCUT2D eigenvalue weighted by atomic mass is 9.45. The van der Waals surface area contributed by atoms with Crippen LogP contribution < -0.4 is 16.2 Å². The van der Waals surface area contributed by atoms with Gasteiger partial charge in [0.25, 0.3) is 5.56 Å². The Morgan fingerprint density at radius 3 is 2.73 bits per heavy atom. The lowest BCUT2D eigenvalue weighted by Crippen LogP contribution is -2.58. The SMILES string of the molecule is C[C@@H]1[C@H]2C[C@@H](C[C@H]1Nc1cnn(CC(=S)NCc3ccncc3)c(=O)c1Br)C2(C)C. The van der Waals surface area contributed by atoms with E-state index in [-0.39, 0.29) is 12.1 Å². The minimum Gasteiger partial charge on any atom is -0.380 e. The summed E-state index contributed by atoms with van der Waals surface area (Å²) in [5.74, 6) is 2.07. The van der Waals surface area contributed by atoms with Gasteiger partial charge in [0.1, 0.15) is 4.47 Å². The lowest BCUT2D eigenvalue weighted by Gasteiger charge is -2.62. The Balaban J connectivity index is 1.39. The van der Waals surface area contributed by atoms with Crippen LogP contribution in [0.4, 0.5) is 5.69 Å². The van der Waals surface area contributed by atoms with E-state index in [1.165, 1.54) is 11.1 Å². The molecule has 6 nitrogen and oxygen atoms in total. The molecule has 0 unspecified atom stereocenters. The topological polar surface area (TPSA) is 71.8 Å². The monoisotopic (exact) mass is 489 g/mol. The van der Waals surface area contributed by atoms with E-state index in [4.69, 9.17) is 12.2 Å². The molecular formula is C22H28BrN5OS. The summed E-state index contributed by atoms with van der Waals surface area (Å²) in [6.45, 7) is 7.95. The zero-order valence-corrected chi connectivity index (χ0v) is 20.0. The van der Waals surface area contributed by atoms with E-state index in [0.717, 1.165) is 29.5 Å². The van der Waals surface area contributed by atoms with E-state index < -0.39 is 0 Å². The summed E-state index contributed by atoms with van der Waals surface area (Å²) in [7, 11) is 0. The Kier molecular flexibility index (Phi) is 5.99. The third kappa shape index (κ3) is 4.04. The standard InChI is InChI=1S/C22H28BrN5OS/c1-13-16-8-15(22(16,2)3)9-17(13)27-18-11-26-28(21(29)20(18)23)12-19(30)25-10-14-4-6-24-7-5-14/h4-7,11,13,15-17,27H,8-10,12H2,1-3H3,(H,25,30)/t13-,15+,16-,17-/m1/s1. The normalized spacial score (nSPS) is 26.5. The van der Waals surface area contributed by atoms with Crippen molar-refractivity contribution in [3.8, 4) is 0 Å². The summed E-state index contributed by atoms with van der Waals surface area (Å²) in [5.41, 5.74) is 2.11. The number of anilines is 1. The maximum absolute atomic E-state index is 12.8. The van der Waals surface area contributed by atoms with Gasteiger partial charge in [0.15, 0.2) is 0 Å². The van der Waals surface area contributed by atoms with Gasteiger partial charge in [-0.2, -0.15) is 5.10 Å². The minimum absolute atomic E-state index is 0.179. The number of aromatic nitrogens is 3. The van der Waals surface area contributed by atoms with E-state index >= 15 is 0 Å². The van der Waals surface area contributed by atoms with Crippen LogP contribution in [0.2, 0.25) is 0 Å². The highest BCUT2D eigenvalue weighted by molar-refractivity contribution is 9.10. The summed E-state index contributed by atoms with van der Waals surface area (Å²) in [6.07, 6.45) is 7.69. The first-order valence-corrected chi connectivity index (χ1v) is 11.6. The van der Waals surface area contributed by atoms with Crippen molar-refractivity contribution < 1.29 is 0 Å². The molecule has 0 saturated heterocycles. The van der Waals surface area contributed by atoms with Crippen LogP contribution in [0.15, 0.2) is 40.0 Å². The van der Waals surface area contributed by atoms with Gasteiger partial charge in [-0.25, -0.2) is 4.68 Å². The molecule has 8 heteroatoms. The third-order valence-corrected chi connectivity index (χ3v) is 8.25. The number of rotatable bonds is 6. The average molecular weight is 490 g/mol. The largest absolute Gasteiger partial charge is 0.380 e. The summed E-state index contributed by atoms with van der Waals surface area (Å²) in [6, 6.07) is 4.22. The number of hydrogen-bond donors (Lipinski definition) is 2. The quantitative estimate of drug-likeness (QED) is 0.597. The fourth-order valence-corrected chi connectivity index (χ4v) is 5.73. The molecule has 3 saturated carbocycles. The second-order valence-electron chi connectivity index (χ2n) is 9.17. The second-order valence-corrected chi connectivity index (χ2v) is 10.5. The fraction of sp³-hybridized carbons (Fsp3) is 0.545. The van der Waals surface area contributed by atoms with Crippen molar-refractivity contribution in [1.82, 2.24) is 20.1 Å². The summed E-state index contributed by atoms with van der Waals surface area (Å²) in [5, 5.41) is 11.1. The highest BCUT2D eigenvalue weighted by Crippen LogP contribution is 2.61. The van der Waals surface area contributed by atoms with Crippen LogP contribution in [0.25, 0.3) is 0 Å². The zero-order chi connectivity index (χ0) is 21.5. The van der Waals surface area contributed by atoms with E-state index in [2.05, 4.69) is 57.4 Å².